The lowest BCUT2D eigenvalue weighted by Crippen LogP contribution is -1.79. The minimum atomic E-state index is 0.513. The minimum absolute atomic E-state index is 0.513. The highest BCUT2D eigenvalue weighted by Crippen LogP contribution is 2.29. The zero-order valence-electron chi connectivity index (χ0n) is 9.36. The number of aromatic nitrogens is 1. The van der Waals surface area contributed by atoms with E-state index in [-0.39, 0.29) is 0 Å². The van der Waals surface area contributed by atoms with Gasteiger partial charge in [-0.05, 0) is 45.8 Å². The Labute approximate surface area is 118 Å². The molecule has 0 aliphatic heterocycles. The Morgan fingerprint density at radius 3 is 2.56 bits per heavy atom. The van der Waals surface area contributed by atoms with Crippen LogP contribution in [0, 0.1) is 0 Å². The first kappa shape index (κ1) is 11.8. The maximum Gasteiger partial charge on any atom is 0.227 e. The van der Waals surface area contributed by atoms with Crippen LogP contribution in [0.1, 0.15) is 5.56 Å². The van der Waals surface area contributed by atoms with Crippen molar-refractivity contribution in [1.29, 1.82) is 0 Å². The number of rotatable bonds is 2. The highest BCUT2D eigenvalue weighted by atomic mass is 79.9. The van der Waals surface area contributed by atoms with Crippen molar-refractivity contribution >= 4 is 38.6 Å². The summed E-state index contributed by atoms with van der Waals surface area (Å²) in [5.41, 5.74) is 3.65. The molecule has 0 saturated carbocycles. The molecule has 0 radical (unpaired) electrons. The summed E-state index contributed by atoms with van der Waals surface area (Å²) in [6, 6.07) is 13.7. The number of fused-ring (bicyclic) bond motifs is 1. The van der Waals surface area contributed by atoms with Gasteiger partial charge in [-0.25, -0.2) is 4.98 Å². The van der Waals surface area contributed by atoms with E-state index in [1.165, 1.54) is 0 Å². The number of para-hydroxylation sites is 1. The summed E-state index contributed by atoms with van der Waals surface area (Å²) in [4.78, 5) is 4.47. The fourth-order valence-corrected chi connectivity index (χ4v) is 2.39. The molecule has 0 spiro atoms. The van der Waals surface area contributed by atoms with Crippen LogP contribution in [-0.4, -0.2) is 4.98 Å². The summed E-state index contributed by atoms with van der Waals surface area (Å²) in [6.07, 6.45) is 0. The average molecular weight is 323 g/mol. The van der Waals surface area contributed by atoms with Crippen LogP contribution in [-0.2, 0) is 5.88 Å². The van der Waals surface area contributed by atoms with Crippen LogP contribution >= 0.6 is 27.5 Å². The van der Waals surface area contributed by atoms with E-state index in [2.05, 4.69) is 20.9 Å². The number of benzene rings is 2. The van der Waals surface area contributed by atoms with Crippen molar-refractivity contribution < 1.29 is 4.42 Å². The van der Waals surface area contributed by atoms with Crippen LogP contribution in [0.2, 0.25) is 0 Å². The Bertz CT molecular complexity index is 691. The van der Waals surface area contributed by atoms with Crippen LogP contribution < -0.4 is 0 Å². The third-order valence-electron chi connectivity index (χ3n) is 2.72. The number of nitrogens with zero attached hydrogens (tertiary/aromatic N) is 1. The maximum atomic E-state index is 5.77. The lowest BCUT2D eigenvalue weighted by molar-refractivity contribution is 0.618. The van der Waals surface area contributed by atoms with Crippen LogP contribution in [0.15, 0.2) is 51.4 Å². The Morgan fingerprint density at radius 1 is 1.11 bits per heavy atom. The molecule has 2 aromatic carbocycles. The van der Waals surface area contributed by atoms with Crippen molar-refractivity contribution in [3.63, 3.8) is 0 Å². The molecule has 0 fully saturated rings. The standard InChI is InChI=1S/C14H9BrClNO/c15-11-2-1-3-12-13(11)18-14(17-12)10-6-4-9(8-16)5-7-10/h1-7H,8H2. The number of halogens is 2. The summed E-state index contributed by atoms with van der Waals surface area (Å²) in [7, 11) is 0. The molecule has 0 atom stereocenters. The second kappa shape index (κ2) is 4.75. The van der Waals surface area contributed by atoms with Crippen molar-refractivity contribution in [2.24, 2.45) is 0 Å². The normalized spacial score (nSPS) is 11.0. The van der Waals surface area contributed by atoms with Crippen molar-refractivity contribution in [3.05, 3.63) is 52.5 Å². The first-order valence-electron chi connectivity index (χ1n) is 5.48. The molecule has 18 heavy (non-hydrogen) atoms. The number of hydrogen-bond acceptors (Lipinski definition) is 2. The number of hydrogen-bond donors (Lipinski definition) is 0. The Kier molecular flexibility index (Phi) is 3.10. The van der Waals surface area contributed by atoms with Gasteiger partial charge in [-0.15, -0.1) is 11.6 Å². The molecular weight excluding hydrogens is 314 g/mol. The zero-order chi connectivity index (χ0) is 12.5. The smallest absolute Gasteiger partial charge is 0.227 e. The molecule has 0 aliphatic carbocycles. The molecular formula is C14H9BrClNO. The zero-order valence-corrected chi connectivity index (χ0v) is 11.7. The Balaban J connectivity index is 2.10. The van der Waals surface area contributed by atoms with Gasteiger partial charge in [0.1, 0.15) is 5.52 Å². The van der Waals surface area contributed by atoms with Crippen molar-refractivity contribution in [1.82, 2.24) is 4.98 Å². The van der Waals surface area contributed by atoms with E-state index in [1.807, 2.05) is 42.5 Å². The molecule has 0 amide bonds. The van der Waals surface area contributed by atoms with E-state index in [0.717, 1.165) is 26.7 Å². The quantitative estimate of drug-likeness (QED) is 0.621. The molecule has 2 nitrogen and oxygen atoms in total. The van der Waals surface area contributed by atoms with Gasteiger partial charge in [-0.3, -0.25) is 0 Å². The maximum absolute atomic E-state index is 5.77. The molecule has 1 aromatic heterocycles. The minimum Gasteiger partial charge on any atom is -0.435 e. The average Bonchev–Trinajstić information content (AvgIpc) is 2.84. The number of oxazole rings is 1. The Morgan fingerprint density at radius 2 is 1.89 bits per heavy atom. The highest BCUT2D eigenvalue weighted by molar-refractivity contribution is 9.10. The Hall–Kier alpha value is -1.32. The largest absolute Gasteiger partial charge is 0.435 e. The molecule has 1 heterocycles. The summed E-state index contributed by atoms with van der Waals surface area (Å²) >= 11 is 9.22. The molecule has 0 saturated heterocycles. The molecule has 90 valence electrons. The molecule has 0 aliphatic rings. The van der Waals surface area contributed by atoms with E-state index < -0.39 is 0 Å². The van der Waals surface area contributed by atoms with E-state index in [1.54, 1.807) is 0 Å². The fraction of sp³-hybridized carbons (Fsp3) is 0.0714. The van der Waals surface area contributed by atoms with Crippen LogP contribution in [0.25, 0.3) is 22.6 Å². The van der Waals surface area contributed by atoms with Crippen molar-refractivity contribution in [3.8, 4) is 11.5 Å². The van der Waals surface area contributed by atoms with Gasteiger partial charge in [0.05, 0.1) is 4.47 Å². The second-order valence-electron chi connectivity index (χ2n) is 3.94. The summed E-state index contributed by atoms with van der Waals surface area (Å²) < 4.78 is 6.68. The molecule has 4 heteroatoms. The van der Waals surface area contributed by atoms with Gasteiger partial charge in [0.25, 0.3) is 0 Å². The van der Waals surface area contributed by atoms with E-state index >= 15 is 0 Å². The third-order valence-corrected chi connectivity index (χ3v) is 3.66. The first-order valence-corrected chi connectivity index (χ1v) is 6.81. The van der Waals surface area contributed by atoms with Gasteiger partial charge in [0.2, 0.25) is 5.89 Å². The first-order chi connectivity index (χ1) is 8.78. The van der Waals surface area contributed by atoms with E-state index in [9.17, 15) is 0 Å². The lowest BCUT2D eigenvalue weighted by Gasteiger charge is -1.97. The molecule has 0 N–H and O–H groups in total. The van der Waals surface area contributed by atoms with Gasteiger partial charge in [0.15, 0.2) is 5.58 Å². The molecule has 0 bridgehead atoms. The van der Waals surface area contributed by atoms with Crippen LogP contribution in [0.5, 0.6) is 0 Å². The predicted octanol–water partition coefficient (Wildman–Crippen LogP) is 5.00. The SMILES string of the molecule is ClCc1ccc(-c2nc3cccc(Br)c3o2)cc1. The lowest BCUT2D eigenvalue weighted by atomic mass is 10.1. The van der Waals surface area contributed by atoms with Crippen LogP contribution in [0.4, 0.5) is 0 Å². The topological polar surface area (TPSA) is 26.0 Å². The van der Waals surface area contributed by atoms with Gasteiger partial charge in [-0.2, -0.15) is 0 Å². The second-order valence-corrected chi connectivity index (χ2v) is 5.06. The van der Waals surface area contributed by atoms with Gasteiger partial charge in [-0.1, -0.05) is 18.2 Å². The predicted molar refractivity (Wildman–Crippen MR) is 76.7 cm³/mol. The van der Waals surface area contributed by atoms with Gasteiger partial charge < -0.3 is 4.42 Å². The number of alkyl halides is 1. The van der Waals surface area contributed by atoms with Crippen LogP contribution in [0.3, 0.4) is 0 Å². The van der Waals surface area contributed by atoms with Crippen molar-refractivity contribution in [2.45, 2.75) is 5.88 Å². The van der Waals surface area contributed by atoms with E-state index in [0.29, 0.717) is 11.8 Å². The summed E-state index contributed by atoms with van der Waals surface area (Å²) in [5.74, 6) is 1.14. The third kappa shape index (κ3) is 2.04. The monoisotopic (exact) mass is 321 g/mol. The fourth-order valence-electron chi connectivity index (χ4n) is 1.78. The molecule has 0 unspecified atom stereocenters. The summed E-state index contributed by atoms with van der Waals surface area (Å²) in [5, 5.41) is 0. The molecule has 3 aromatic rings. The van der Waals surface area contributed by atoms with Crippen molar-refractivity contribution in [2.75, 3.05) is 0 Å². The highest BCUT2D eigenvalue weighted by Gasteiger charge is 2.09. The van der Waals surface area contributed by atoms with Gasteiger partial charge >= 0.3 is 0 Å². The summed E-state index contributed by atoms with van der Waals surface area (Å²) in [6.45, 7) is 0. The molecule has 3 rings (SSSR count). The van der Waals surface area contributed by atoms with E-state index in [4.69, 9.17) is 16.0 Å². The van der Waals surface area contributed by atoms with Gasteiger partial charge in [0, 0.05) is 11.4 Å².